The summed E-state index contributed by atoms with van der Waals surface area (Å²) in [6, 6.07) is -0.0509. The lowest BCUT2D eigenvalue weighted by Crippen LogP contribution is -2.31. The van der Waals surface area contributed by atoms with E-state index >= 15 is 0 Å². The molecule has 2 aliphatic heterocycles. The summed E-state index contributed by atoms with van der Waals surface area (Å²) in [5, 5.41) is 3.01. The Balaban J connectivity index is 2.21. The van der Waals surface area contributed by atoms with Crippen molar-refractivity contribution in [3.63, 3.8) is 0 Å². The van der Waals surface area contributed by atoms with Crippen molar-refractivity contribution < 1.29 is 12.6 Å². The third-order valence-corrected chi connectivity index (χ3v) is 2.80. The van der Waals surface area contributed by atoms with Gasteiger partial charge in [-0.3, -0.25) is 4.18 Å². The third kappa shape index (κ3) is 0.929. The maximum absolute atomic E-state index is 10.7. The Morgan fingerprint density at radius 2 is 2.20 bits per heavy atom. The molecule has 5 nitrogen and oxygen atoms in total. The van der Waals surface area contributed by atoms with Gasteiger partial charge in [0.15, 0.2) is 0 Å². The predicted molar refractivity (Wildman–Crippen MR) is 33.6 cm³/mol. The fraction of sp³-hybridized carbons (Fsp3) is 1.00. The van der Waals surface area contributed by atoms with Gasteiger partial charge in [0, 0.05) is 13.1 Å². The average molecular weight is 164 g/mol. The molecule has 0 aromatic carbocycles. The van der Waals surface area contributed by atoms with E-state index in [9.17, 15) is 8.42 Å². The van der Waals surface area contributed by atoms with Crippen molar-refractivity contribution in [2.75, 3.05) is 13.1 Å². The summed E-state index contributed by atoms with van der Waals surface area (Å²) in [5.74, 6) is 0. The van der Waals surface area contributed by atoms with Crippen LogP contribution in [0.1, 0.15) is 0 Å². The maximum Gasteiger partial charge on any atom is 0.336 e. The zero-order chi connectivity index (χ0) is 7.19. The second-order valence-electron chi connectivity index (χ2n) is 2.47. The van der Waals surface area contributed by atoms with Gasteiger partial charge in [0.1, 0.15) is 6.10 Å². The molecule has 0 spiro atoms. The van der Waals surface area contributed by atoms with E-state index in [1.54, 1.807) is 0 Å². The number of hydrogen-bond donors (Lipinski definition) is 2. The summed E-state index contributed by atoms with van der Waals surface area (Å²) in [4.78, 5) is 0. The quantitative estimate of drug-likeness (QED) is 0.443. The highest BCUT2D eigenvalue weighted by atomic mass is 32.2. The molecule has 0 aliphatic carbocycles. The van der Waals surface area contributed by atoms with Crippen molar-refractivity contribution in [2.24, 2.45) is 0 Å². The average Bonchev–Trinajstić information content (AvgIpc) is 2.20. The summed E-state index contributed by atoms with van der Waals surface area (Å²) < 4.78 is 28.4. The smallest absolute Gasteiger partial charge is 0.312 e. The van der Waals surface area contributed by atoms with Crippen LogP contribution in [0.3, 0.4) is 0 Å². The molecule has 0 radical (unpaired) electrons. The first kappa shape index (κ1) is 6.53. The molecule has 0 bridgehead atoms. The first-order valence-electron chi connectivity index (χ1n) is 3.09. The molecule has 2 unspecified atom stereocenters. The number of fused-ring (bicyclic) bond motifs is 1. The maximum atomic E-state index is 10.7. The first-order valence-corrected chi connectivity index (χ1v) is 4.49. The van der Waals surface area contributed by atoms with Crippen molar-refractivity contribution >= 4 is 10.3 Å². The Morgan fingerprint density at radius 1 is 1.40 bits per heavy atom. The molecule has 2 rings (SSSR count). The molecule has 2 aliphatic rings. The highest BCUT2D eigenvalue weighted by Gasteiger charge is 2.40. The second kappa shape index (κ2) is 1.91. The molecule has 0 saturated carbocycles. The Kier molecular flexibility index (Phi) is 1.25. The summed E-state index contributed by atoms with van der Waals surface area (Å²) in [6.07, 6.45) is -0.190. The van der Waals surface area contributed by atoms with Crippen LogP contribution in [0, 0.1) is 0 Å². The van der Waals surface area contributed by atoms with Crippen LogP contribution >= 0.6 is 0 Å². The van der Waals surface area contributed by atoms with Gasteiger partial charge in [-0.05, 0) is 0 Å². The Hall–Kier alpha value is -0.170. The van der Waals surface area contributed by atoms with Gasteiger partial charge < -0.3 is 5.32 Å². The first-order chi connectivity index (χ1) is 4.67. The van der Waals surface area contributed by atoms with Gasteiger partial charge in [0.2, 0.25) is 0 Å². The fourth-order valence-electron chi connectivity index (χ4n) is 1.25. The van der Waals surface area contributed by atoms with Crippen LogP contribution in [-0.4, -0.2) is 33.7 Å². The zero-order valence-electron chi connectivity index (χ0n) is 5.20. The summed E-state index contributed by atoms with van der Waals surface area (Å²) in [5.41, 5.74) is 0. The highest BCUT2D eigenvalue weighted by molar-refractivity contribution is 7.85. The Morgan fingerprint density at radius 3 is 2.90 bits per heavy atom. The second-order valence-corrected chi connectivity index (χ2v) is 3.81. The lowest BCUT2D eigenvalue weighted by atomic mass is 10.2. The molecule has 2 atom stereocenters. The van der Waals surface area contributed by atoms with Gasteiger partial charge in [-0.25, -0.2) is 0 Å². The van der Waals surface area contributed by atoms with Crippen molar-refractivity contribution in [3.05, 3.63) is 0 Å². The van der Waals surface area contributed by atoms with Gasteiger partial charge in [-0.1, -0.05) is 0 Å². The van der Waals surface area contributed by atoms with E-state index in [1.165, 1.54) is 0 Å². The third-order valence-electron chi connectivity index (χ3n) is 1.70. The Bertz CT molecular complexity index is 219. The standard InChI is InChI=1S/C4H8N2O3S/c7-10(8)6-3-1-5-2-4(3)9-10/h3-6H,1-2H2. The molecular formula is C4H8N2O3S. The van der Waals surface area contributed by atoms with Gasteiger partial charge in [0.05, 0.1) is 6.04 Å². The molecule has 2 heterocycles. The SMILES string of the molecule is O=S1(=O)NC2CNCC2O1. The largest absolute Gasteiger partial charge is 0.336 e. The van der Waals surface area contributed by atoms with E-state index in [1.807, 2.05) is 0 Å². The number of hydrogen-bond acceptors (Lipinski definition) is 4. The van der Waals surface area contributed by atoms with E-state index in [0.29, 0.717) is 13.1 Å². The molecule has 0 amide bonds. The van der Waals surface area contributed by atoms with Crippen molar-refractivity contribution in [3.8, 4) is 0 Å². The van der Waals surface area contributed by atoms with Gasteiger partial charge in [-0.2, -0.15) is 13.1 Å². The van der Waals surface area contributed by atoms with Crippen LogP contribution in [0.15, 0.2) is 0 Å². The van der Waals surface area contributed by atoms with Gasteiger partial charge >= 0.3 is 10.3 Å². The van der Waals surface area contributed by atoms with Crippen LogP contribution in [0.4, 0.5) is 0 Å². The van der Waals surface area contributed by atoms with Gasteiger partial charge in [0.25, 0.3) is 0 Å². The van der Waals surface area contributed by atoms with E-state index in [2.05, 4.69) is 14.2 Å². The number of nitrogens with one attached hydrogen (secondary N) is 2. The number of rotatable bonds is 0. The van der Waals surface area contributed by atoms with E-state index < -0.39 is 10.3 Å². The minimum Gasteiger partial charge on any atom is -0.312 e. The van der Waals surface area contributed by atoms with Crippen LogP contribution in [-0.2, 0) is 14.5 Å². The molecule has 10 heavy (non-hydrogen) atoms. The minimum atomic E-state index is -3.40. The highest BCUT2D eigenvalue weighted by Crippen LogP contribution is 2.15. The molecule has 2 fully saturated rings. The van der Waals surface area contributed by atoms with Crippen LogP contribution in [0.5, 0.6) is 0 Å². The molecule has 2 saturated heterocycles. The Labute approximate surface area is 59.0 Å². The van der Waals surface area contributed by atoms with E-state index in [-0.39, 0.29) is 12.1 Å². The normalized spacial score (nSPS) is 43.6. The van der Waals surface area contributed by atoms with Crippen LogP contribution < -0.4 is 10.0 Å². The lowest BCUT2D eigenvalue weighted by molar-refractivity contribution is 0.248. The van der Waals surface area contributed by atoms with E-state index in [4.69, 9.17) is 0 Å². The molecule has 2 N–H and O–H groups in total. The van der Waals surface area contributed by atoms with Crippen LogP contribution in [0.2, 0.25) is 0 Å². The van der Waals surface area contributed by atoms with Crippen molar-refractivity contribution in [1.82, 2.24) is 10.0 Å². The monoisotopic (exact) mass is 164 g/mol. The minimum absolute atomic E-state index is 0.0509. The summed E-state index contributed by atoms with van der Waals surface area (Å²) in [6.45, 7) is 1.29. The van der Waals surface area contributed by atoms with Crippen LogP contribution in [0.25, 0.3) is 0 Å². The predicted octanol–water partition coefficient (Wildman–Crippen LogP) is -1.81. The summed E-state index contributed by atoms with van der Waals surface area (Å²) >= 11 is 0. The lowest BCUT2D eigenvalue weighted by Gasteiger charge is -1.98. The summed E-state index contributed by atoms with van der Waals surface area (Å²) in [7, 11) is -3.40. The van der Waals surface area contributed by atoms with E-state index in [0.717, 1.165) is 0 Å². The molecule has 0 aromatic rings. The van der Waals surface area contributed by atoms with Crippen molar-refractivity contribution in [2.45, 2.75) is 12.1 Å². The molecular weight excluding hydrogens is 156 g/mol. The van der Waals surface area contributed by atoms with Gasteiger partial charge in [-0.15, -0.1) is 0 Å². The van der Waals surface area contributed by atoms with Crippen molar-refractivity contribution in [1.29, 1.82) is 0 Å². The zero-order valence-corrected chi connectivity index (χ0v) is 6.02. The topological polar surface area (TPSA) is 67.4 Å². The molecule has 6 heteroatoms. The molecule has 58 valence electrons. The fourth-order valence-corrected chi connectivity index (χ4v) is 2.44. The molecule has 0 aromatic heterocycles.